The third-order valence-electron chi connectivity index (χ3n) is 3.52. The number of carbonyl (C=O) groups excluding carboxylic acids is 2. The summed E-state index contributed by atoms with van der Waals surface area (Å²) in [5.74, 6) is -1.19. The largest absolute Gasteiger partial charge is 0.465 e. The number of nitro benzene ring substituents is 1. The molecular formula is C15H19NO6. The number of nitro groups is 1. The van der Waals surface area contributed by atoms with E-state index in [9.17, 15) is 19.7 Å². The Balaban J connectivity index is 2.96. The number of carbonyl (C=O) groups is 2. The van der Waals surface area contributed by atoms with Gasteiger partial charge < -0.3 is 9.47 Å². The fourth-order valence-electron chi connectivity index (χ4n) is 2.02. The maximum Gasteiger partial charge on any atom is 0.328 e. The lowest BCUT2D eigenvalue weighted by Crippen LogP contribution is -2.42. The van der Waals surface area contributed by atoms with Crippen LogP contribution in [0.5, 0.6) is 5.75 Å². The third-order valence-corrected chi connectivity index (χ3v) is 3.52. The van der Waals surface area contributed by atoms with Crippen LogP contribution in [0.1, 0.15) is 33.6 Å². The predicted octanol–water partition coefficient (Wildman–Crippen LogP) is 2.87. The zero-order valence-corrected chi connectivity index (χ0v) is 12.8. The predicted molar refractivity (Wildman–Crippen MR) is 78.4 cm³/mol. The number of hydrogen-bond donors (Lipinski definition) is 0. The molecule has 0 aliphatic rings. The molecule has 0 aromatic heterocycles. The van der Waals surface area contributed by atoms with Gasteiger partial charge in [-0.1, -0.05) is 13.8 Å². The van der Waals surface area contributed by atoms with Gasteiger partial charge in [0.2, 0.25) is 0 Å². The van der Waals surface area contributed by atoms with Gasteiger partial charge in [-0.2, -0.15) is 0 Å². The fourth-order valence-corrected chi connectivity index (χ4v) is 2.02. The van der Waals surface area contributed by atoms with Crippen molar-refractivity contribution in [2.75, 3.05) is 6.61 Å². The first-order chi connectivity index (χ1) is 10.4. The Morgan fingerprint density at radius 2 is 1.64 bits per heavy atom. The maximum absolute atomic E-state index is 12.4. The van der Waals surface area contributed by atoms with Crippen molar-refractivity contribution in [3.05, 3.63) is 34.4 Å². The normalized spacial score (nSPS) is 10.9. The van der Waals surface area contributed by atoms with E-state index >= 15 is 0 Å². The van der Waals surface area contributed by atoms with Gasteiger partial charge in [-0.3, -0.25) is 19.7 Å². The van der Waals surface area contributed by atoms with Gasteiger partial charge in [0.25, 0.3) is 5.69 Å². The molecule has 22 heavy (non-hydrogen) atoms. The standard InChI is InChI=1S/C15H19NO6/c1-4-15(5-2,13(17)21-6-3)14(18)22-12-9-7-11(8-10-12)16(19)20/h7-10H,4-6H2,1-3H3. The maximum atomic E-state index is 12.4. The first-order valence-electron chi connectivity index (χ1n) is 7.05. The molecular weight excluding hydrogens is 290 g/mol. The van der Waals surface area contributed by atoms with Crippen molar-refractivity contribution in [2.45, 2.75) is 33.6 Å². The highest BCUT2D eigenvalue weighted by Gasteiger charge is 2.46. The van der Waals surface area contributed by atoms with Gasteiger partial charge in [-0.25, -0.2) is 0 Å². The highest BCUT2D eigenvalue weighted by molar-refractivity contribution is 6.00. The van der Waals surface area contributed by atoms with Crippen LogP contribution in [0, 0.1) is 15.5 Å². The SMILES string of the molecule is CCOC(=O)C(CC)(CC)C(=O)Oc1ccc([N+](=O)[O-])cc1. The van der Waals surface area contributed by atoms with Crippen LogP contribution >= 0.6 is 0 Å². The number of non-ortho nitro benzene ring substituents is 1. The average Bonchev–Trinajstić information content (AvgIpc) is 2.50. The molecule has 7 heteroatoms. The van der Waals surface area contributed by atoms with E-state index in [1.54, 1.807) is 20.8 Å². The lowest BCUT2D eigenvalue weighted by molar-refractivity contribution is -0.384. The van der Waals surface area contributed by atoms with E-state index in [0.717, 1.165) is 0 Å². The number of hydrogen-bond acceptors (Lipinski definition) is 6. The molecule has 0 heterocycles. The number of ether oxygens (including phenoxy) is 2. The van der Waals surface area contributed by atoms with Crippen LogP contribution in [-0.4, -0.2) is 23.5 Å². The molecule has 0 aliphatic carbocycles. The quantitative estimate of drug-likeness (QED) is 0.253. The molecule has 0 amide bonds. The van der Waals surface area contributed by atoms with Gasteiger partial charge in [-0.05, 0) is 31.9 Å². The van der Waals surface area contributed by atoms with E-state index < -0.39 is 22.3 Å². The minimum Gasteiger partial charge on any atom is -0.465 e. The van der Waals surface area contributed by atoms with Crippen LogP contribution in [0.15, 0.2) is 24.3 Å². The molecule has 0 saturated heterocycles. The van der Waals surface area contributed by atoms with Crippen molar-refractivity contribution in [3.63, 3.8) is 0 Å². The number of nitrogens with zero attached hydrogens (tertiary/aromatic N) is 1. The first-order valence-corrected chi connectivity index (χ1v) is 7.05. The molecule has 0 bridgehead atoms. The van der Waals surface area contributed by atoms with E-state index in [4.69, 9.17) is 9.47 Å². The first kappa shape index (κ1) is 17.6. The highest BCUT2D eigenvalue weighted by Crippen LogP contribution is 2.31. The summed E-state index contributed by atoms with van der Waals surface area (Å²) in [4.78, 5) is 34.5. The second kappa shape index (κ2) is 7.53. The van der Waals surface area contributed by atoms with Gasteiger partial charge in [0, 0.05) is 12.1 Å². The number of esters is 2. The smallest absolute Gasteiger partial charge is 0.328 e. The number of rotatable bonds is 7. The van der Waals surface area contributed by atoms with Crippen LogP contribution in [0.2, 0.25) is 0 Å². The molecule has 1 rings (SSSR count). The Morgan fingerprint density at radius 1 is 1.09 bits per heavy atom. The molecule has 0 aliphatic heterocycles. The van der Waals surface area contributed by atoms with Crippen molar-refractivity contribution < 1.29 is 24.0 Å². The zero-order valence-electron chi connectivity index (χ0n) is 12.8. The molecule has 0 fully saturated rings. The summed E-state index contributed by atoms with van der Waals surface area (Å²) < 4.78 is 10.2. The molecule has 7 nitrogen and oxygen atoms in total. The molecule has 0 radical (unpaired) electrons. The average molecular weight is 309 g/mol. The number of benzene rings is 1. The van der Waals surface area contributed by atoms with Crippen molar-refractivity contribution in [1.82, 2.24) is 0 Å². The zero-order chi connectivity index (χ0) is 16.8. The van der Waals surface area contributed by atoms with Crippen molar-refractivity contribution in [2.24, 2.45) is 5.41 Å². The van der Waals surface area contributed by atoms with Gasteiger partial charge in [0.05, 0.1) is 11.5 Å². The molecule has 0 spiro atoms. The second-order valence-corrected chi connectivity index (χ2v) is 4.65. The molecule has 0 unspecified atom stereocenters. The van der Waals surface area contributed by atoms with Crippen LogP contribution in [0.25, 0.3) is 0 Å². The van der Waals surface area contributed by atoms with Gasteiger partial charge in [0.15, 0.2) is 5.41 Å². The lowest BCUT2D eigenvalue weighted by atomic mass is 9.82. The topological polar surface area (TPSA) is 95.7 Å². The molecule has 0 N–H and O–H groups in total. The van der Waals surface area contributed by atoms with E-state index in [-0.39, 0.29) is 30.9 Å². The summed E-state index contributed by atoms with van der Waals surface area (Å²) in [6.45, 7) is 5.25. The highest BCUT2D eigenvalue weighted by atomic mass is 16.6. The van der Waals surface area contributed by atoms with Crippen molar-refractivity contribution in [1.29, 1.82) is 0 Å². The molecule has 1 aromatic rings. The molecule has 0 atom stereocenters. The third kappa shape index (κ3) is 3.60. The molecule has 0 saturated carbocycles. The fraction of sp³-hybridized carbons (Fsp3) is 0.467. The van der Waals surface area contributed by atoms with Crippen molar-refractivity contribution in [3.8, 4) is 5.75 Å². The van der Waals surface area contributed by atoms with E-state index in [1.807, 2.05) is 0 Å². The second-order valence-electron chi connectivity index (χ2n) is 4.65. The Morgan fingerprint density at radius 3 is 2.05 bits per heavy atom. The van der Waals surface area contributed by atoms with E-state index in [1.165, 1.54) is 24.3 Å². The van der Waals surface area contributed by atoms with Gasteiger partial charge >= 0.3 is 11.9 Å². The molecule has 120 valence electrons. The van der Waals surface area contributed by atoms with Gasteiger partial charge in [0.1, 0.15) is 5.75 Å². The Bertz CT molecular complexity index is 548. The minimum absolute atomic E-state index is 0.109. The summed E-state index contributed by atoms with van der Waals surface area (Å²) in [5.41, 5.74) is -1.47. The Kier molecular flexibility index (Phi) is 6.03. The summed E-state index contributed by atoms with van der Waals surface area (Å²) in [6, 6.07) is 5.09. The minimum atomic E-state index is -1.36. The van der Waals surface area contributed by atoms with Gasteiger partial charge in [-0.15, -0.1) is 0 Å². The monoisotopic (exact) mass is 309 g/mol. The van der Waals surface area contributed by atoms with E-state index in [0.29, 0.717) is 0 Å². The summed E-state index contributed by atoms with van der Waals surface area (Å²) in [6.07, 6.45) is 0.488. The van der Waals surface area contributed by atoms with Crippen molar-refractivity contribution >= 4 is 17.6 Å². The van der Waals surface area contributed by atoms with E-state index in [2.05, 4.69) is 0 Å². The summed E-state index contributed by atoms with van der Waals surface area (Å²) in [7, 11) is 0. The summed E-state index contributed by atoms with van der Waals surface area (Å²) in [5, 5.41) is 10.6. The Labute approximate surface area is 128 Å². The Hall–Kier alpha value is -2.44. The van der Waals surface area contributed by atoms with Crippen LogP contribution in [0.3, 0.4) is 0 Å². The molecule has 1 aromatic carbocycles. The summed E-state index contributed by atoms with van der Waals surface area (Å²) >= 11 is 0. The van der Waals surface area contributed by atoms with Crippen LogP contribution < -0.4 is 4.74 Å². The van der Waals surface area contributed by atoms with Crippen LogP contribution in [0.4, 0.5) is 5.69 Å². The lowest BCUT2D eigenvalue weighted by Gasteiger charge is -2.26. The van der Waals surface area contributed by atoms with Crippen LogP contribution in [-0.2, 0) is 14.3 Å².